The Kier molecular flexibility index (Phi) is 7.12. The SMILES string of the molecule is O=C(CC(=O)Nc1cccc(Cl)c1Cl)NN=Cc1ccc(Cl)c([N+](=O)[O-])c1. The van der Waals surface area contributed by atoms with Crippen molar-refractivity contribution in [3.05, 3.63) is 67.1 Å². The molecule has 0 radical (unpaired) electrons. The van der Waals surface area contributed by atoms with Crippen molar-refractivity contribution in [2.75, 3.05) is 5.32 Å². The highest BCUT2D eigenvalue weighted by Crippen LogP contribution is 2.29. The van der Waals surface area contributed by atoms with Crippen molar-refractivity contribution in [2.45, 2.75) is 6.42 Å². The Balaban J connectivity index is 1.91. The van der Waals surface area contributed by atoms with Crippen molar-refractivity contribution in [3.8, 4) is 0 Å². The van der Waals surface area contributed by atoms with E-state index < -0.39 is 23.2 Å². The summed E-state index contributed by atoms with van der Waals surface area (Å²) in [4.78, 5) is 33.8. The van der Waals surface area contributed by atoms with E-state index in [4.69, 9.17) is 34.8 Å². The first kappa shape index (κ1) is 20.6. The van der Waals surface area contributed by atoms with Crippen molar-refractivity contribution < 1.29 is 14.5 Å². The van der Waals surface area contributed by atoms with Crippen LogP contribution in [0.2, 0.25) is 15.1 Å². The summed E-state index contributed by atoms with van der Waals surface area (Å²) < 4.78 is 0. The van der Waals surface area contributed by atoms with Gasteiger partial charge in [0.15, 0.2) is 0 Å². The zero-order chi connectivity index (χ0) is 20.0. The van der Waals surface area contributed by atoms with Crippen molar-refractivity contribution >= 4 is 64.2 Å². The molecular formula is C16H11Cl3N4O4. The maximum absolute atomic E-state index is 11.9. The number of anilines is 1. The Bertz CT molecular complexity index is 934. The van der Waals surface area contributed by atoms with Gasteiger partial charge in [0, 0.05) is 11.6 Å². The molecule has 0 spiro atoms. The zero-order valence-corrected chi connectivity index (χ0v) is 15.7. The van der Waals surface area contributed by atoms with E-state index in [9.17, 15) is 19.7 Å². The average Bonchev–Trinajstić information content (AvgIpc) is 2.60. The molecular weight excluding hydrogens is 419 g/mol. The Morgan fingerprint density at radius 3 is 2.56 bits per heavy atom. The van der Waals surface area contributed by atoms with Gasteiger partial charge in [0.05, 0.1) is 26.9 Å². The lowest BCUT2D eigenvalue weighted by molar-refractivity contribution is -0.384. The summed E-state index contributed by atoms with van der Waals surface area (Å²) in [5.74, 6) is -1.31. The number of carbonyl (C=O) groups excluding carboxylic acids is 2. The third-order valence-electron chi connectivity index (χ3n) is 3.12. The Morgan fingerprint density at radius 2 is 1.85 bits per heavy atom. The molecule has 2 aromatic rings. The first-order valence-corrected chi connectivity index (χ1v) is 8.41. The lowest BCUT2D eigenvalue weighted by Crippen LogP contribution is -2.24. The minimum atomic E-state index is -0.689. The summed E-state index contributed by atoms with van der Waals surface area (Å²) >= 11 is 17.5. The van der Waals surface area contributed by atoms with E-state index in [2.05, 4.69) is 15.8 Å². The second-order valence-electron chi connectivity index (χ2n) is 5.09. The molecule has 0 bridgehead atoms. The maximum atomic E-state index is 11.9. The van der Waals surface area contributed by atoms with E-state index in [1.54, 1.807) is 12.1 Å². The number of hydrazone groups is 1. The molecule has 2 amide bonds. The fraction of sp³-hybridized carbons (Fsp3) is 0.0625. The summed E-state index contributed by atoms with van der Waals surface area (Å²) in [6.45, 7) is 0. The third kappa shape index (κ3) is 5.92. The van der Waals surface area contributed by atoms with E-state index in [0.29, 0.717) is 5.56 Å². The summed E-state index contributed by atoms with van der Waals surface area (Å²) in [6.07, 6.45) is 0.675. The quantitative estimate of drug-likeness (QED) is 0.312. The molecule has 0 unspecified atom stereocenters. The van der Waals surface area contributed by atoms with Gasteiger partial charge < -0.3 is 5.32 Å². The normalized spacial score (nSPS) is 10.6. The smallest absolute Gasteiger partial charge is 0.288 e. The van der Waals surface area contributed by atoms with Crippen LogP contribution < -0.4 is 10.7 Å². The minimum Gasteiger partial charge on any atom is -0.324 e. The molecule has 0 atom stereocenters. The number of hydrogen-bond donors (Lipinski definition) is 2. The van der Waals surface area contributed by atoms with Gasteiger partial charge in [-0.3, -0.25) is 19.7 Å². The summed E-state index contributed by atoms with van der Waals surface area (Å²) in [7, 11) is 0. The topological polar surface area (TPSA) is 114 Å². The monoisotopic (exact) mass is 428 g/mol. The average molecular weight is 430 g/mol. The van der Waals surface area contributed by atoms with E-state index >= 15 is 0 Å². The predicted octanol–water partition coefficient (Wildman–Crippen LogP) is 4.03. The van der Waals surface area contributed by atoms with Crippen LogP contribution in [0.5, 0.6) is 0 Å². The van der Waals surface area contributed by atoms with Crippen LogP contribution in [0.15, 0.2) is 41.5 Å². The first-order chi connectivity index (χ1) is 12.8. The van der Waals surface area contributed by atoms with E-state index in [-0.39, 0.29) is 26.4 Å². The van der Waals surface area contributed by atoms with Crippen molar-refractivity contribution in [1.29, 1.82) is 0 Å². The van der Waals surface area contributed by atoms with Crippen LogP contribution in [0.25, 0.3) is 0 Å². The zero-order valence-electron chi connectivity index (χ0n) is 13.4. The third-order valence-corrected chi connectivity index (χ3v) is 4.26. The molecule has 2 N–H and O–H groups in total. The lowest BCUT2D eigenvalue weighted by Gasteiger charge is -2.07. The molecule has 2 aromatic carbocycles. The lowest BCUT2D eigenvalue weighted by atomic mass is 10.2. The second-order valence-corrected chi connectivity index (χ2v) is 6.28. The molecule has 0 fully saturated rings. The number of nitro benzene ring substituents is 1. The van der Waals surface area contributed by atoms with Gasteiger partial charge in [-0.1, -0.05) is 46.9 Å². The summed E-state index contributed by atoms with van der Waals surface area (Å²) in [5, 5.41) is 17.3. The number of halogens is 3. The summed E-state index contributed by atoms with van der Waals surface area (Å²) in [6, 6.07) is 8.72. The molecule has 2 rings (SSSR count). The summed E-state index contributed by atoms with van der Waals surface area (Å²) in [5.41, 5.74) is 2.48. The highest BCUT2D eigenvalue weighted by Gasteiger charge is 2.13. The molecule has 0 aliphatic carbocycles. The van der Waals surface area contributed by atoms with Crippen molar-refractivity contribution in [2.24, 2.45) is 5.10 Å². The molecule has 0 saturated carbocycles. The number of benzene rings is 2. The van der Waals surface area contributed by atoms with Crippen LogP contribution in [-0.4, -0.2) is 23.0 Å². The first-order valence-electron chi connectivity index (χ1n) is 7.27. The predicted molar refractivity (Wildman–Crippen MR) is 104 cm³/mol. The van der Waals surface area contributed by atoms with Crippen molar-refractivity contribution in [3.63, 3.8) is 0 Å². The Labute approximate surface area is 168 Å². The Hall–Kier alpha value is -2.68. The highest BCUT2D eigenvalue weighted by molar-refractivity contribution is 6.44. The molecule has 0 saturated heterocycles. The van der Waals surface area contributed by atoms with Gasteiger partial charge >= 0.3 is 0 Å². The molecule has 11 heteroatoms. The molecule has 27 heavy (non-hydrogen) atoms. The number of amides is 2. The number of nitro groups is 1. The van der Waals surface area contributed by atoms with E-state index in [1.807, 2.05) is 0 Å². The number of nitrogens with one attached hydrogen (secondary N) is 2. The van der Waals surface area contributed by atoms with Gasteiger partial charge in [-0.05, 0) is 18.2 Å². The number of nitrogens with zero attached hydrogens (tertiary/aromatic N) is 2. The van der Waals surface area contributed by atoms with Crippen LogP contribution in [0.4, 0.5) is 11.4 Å². The van der Waals surface area contributed by atoms with Crippen LogP contribution in [0, 0.1) is 10.1 Å². The van der Waals surface area contributed by atoms with Gasteiger partial charge in [0.2, 0.25) is 11.8 Å². The minimum absolute atomic E-state index is 0.0162. The van der Waals surface area contributed by atoms with Crippen LogP contribution >= 0.6 is 34.8 Å². The maximum Gasteiger partial charge on any atom is 0.288 e. The number of hydrogen-bond acceptors (Lipinski definition) is 5. The fourth-order valence-electron chi connectivity index (χ4n) is 1.91. The van der Waals surface area contributed by atoms with E-state index in [0.717, 1.165) is 0 Å². The molecule has 140 valence electrons. The van der Waals surface area contributed by atoms with Gasteiger partial charge in [-0.2, -0.15) is 5.10 Å². The number of carbonyl (C=O) groups is 2. The molecule has 0 heterocycles. The van der Waals surface area contributed by atoms with Gasteiger partial charge in [0.1, 0.15) is 11.4 Å². The molecule has 0 aromatic heterocycles. The largest absolute Gasteiger partial charge is 0.324 e. The van der Waals surface area contributed by atoms with Crippen molar-refractivity contribution in [1.82, 2.24) is 5.43 Å². The Morgan fingerprint density at radius 1 is 1.11 bits per heavy atom. The van der Waals surface area contributed by atoms with Crippen LogP contribution in [0.3, 0.4) is 0 Å². The molecule has 8 nitrogen and oxygen atoms in total. The van der Waals surface area contributed by atoms with Gasteiger partial charge in [-0.25, -0.2) is 5.43 Å². The van der Waals surface area contributed by atoms with Crippen LogP contribution in [-0.2, 0) is 9.59 Å². The van der Waals surface area contributed by atoms with E-state index in [1.165, 1.54) is 30.5 Å². The molecule has 0 aliphatic rings. The van der Waals surface area contributed by atoms with Crippen LogP contribution in [0.1, 0.15) is 12.0 Å². The number of rotatable bonds is 6. The van der Waals surface area contributed by atoms with Gasteiger partial charge in [-0.15, -0.1) is 0 Å². The standard InChI is InChI=1S/C16H11Cl3N4O4/c17-10-5-4-9(6-13(10)23(26)27)8-20-22-15(25)7-14(24)21-12-3-1-2-11(18)16(12)19/h1-6,8H,7H2,(H,21,24)(H,22,25). The van der Waals surface area contributed by atoms with Gasteiger partial charge in [0.25, 0.3) is 5.69 Å². The highest BCUT2D eigenvalue weighted by atomic mass is 35.5. The molecule has 0 aliphatic heterocycles. The second kappa shape index (κ2) is 9.31. The fourth-order valence-corrected chi connectivity index (χ4v) is 2.44.